The van der Waals surface area contributed by atoms with Gasteiger partial charge in [-0.25, -0.2) is 0 Å². The van der Waals surface area contributed by atoms with Gasteiger partial charge in [-0.15, -0.1) is 0 Å². The van der Waals surface area contributed by atoms with Crippen molar-refractivity contribution in [3.8, 4) is 0 Å². The van der Waals surface area contributed by atoms with Gasteiger partial charge in [-0.1, -0.05) is 105 Å². The predicted molar refractivity (Wildman–Crippen MR) is 243 cm³/mol. The molecule has 0 aliphatic heterocycles. The van der Waals surface area contributed by atoms with E-state index in [0.717, 1.165) is 89.0 Å². The van der Waals surface area contributed by atoms with E-state index in [9.17, 15) is 10.2 Å². The first-order chi connectivity index (χ1) is 26.2. The van der Waals surface area contributed by atoms with E-state index >= 15 is 0 Å². The number of aliphatic hydroxyl groups excluding tert-OH is 2. The summed E-state index contributed by atoms with van der Waals surface area (Å²) in [5.74, 6) is 0.421. The normalized spacial score (nSPS) is 18.4. The maximum Gasteiger partial charge on any atom is 0.132 e. The van der Waals surface area contributed by atoms with Crippen molar-refractivity contribution in [2.24, 2.45) is 0 Å². The van der Waals surface area contributed by atoms with Crippen LogP contribution in [0.5, 0.6) is 0 Å². The fraction of sp³-hybridized carbons (Fsp3) is 0.577. The summed E-state index contributed by atoms with van der Waals surface area (Å²) >= 11 is 0. The van der Waals surface area contributed by atoms with Crippen LogP contribution < -0.4 is 0 Å². The molecule has 0 aromatic heterocycles. The fourth-order valence-corrected chi connectivity index (χ4v) is 6.68. The molecule has 1 aliphatic rings. The molecule has 0 heterocycles. The Morgan fingerprint density at radius 2 is 0.709 bits per heavy atom. The molecule has 0 amide bonds. The molecule has 3 heteroatoms. The molecule has 3 nitrogen and oxygen atoms in total. The third-order valence-electron chi connectivity index (χ3n) is 10.6. The standard InChI is InChI=1S/C52H82O3/c1-40(2)20-12-21-41(3)22-13-23-42(4)24-14-25-43(5)26-15-27-44(6)28-16-29-45(7)30-17-31-46(8)32-18-33-47(9)34-19-35-48(10)36-37-49-38-50(53)39-51(55-11)52(49)54/h20,22,24,26,28,30,32,34,36,38-39,50,52-54H,12-19,21,23,25,27,29,31,33,35,37H2,1-11H3. The second-order valence-corrected chi connectivity index (χ2v) is 16.6. The molecule has 0 saturated carbocycles. The number of aliphatic hydroxyl groups is 2. The van der Waals surface area contributed by atoms with Crippen LogP contribution in [0.15, 0.2) is 128 Å². The Morgan fingerprint density at radius 3 is 0.982 bits per heavy atom. The van der Waals surface area contributed by atoms with Crippen molar-refractivity contribution in [2.75, 3.05) is 7.11 Å². The van der Waals surface area contributed by atoms with E-state index in [1.54, 1.807) is 12.2 Å². The second-order valence-electron chi connectivity index (χ2n) is 16.6. The van der Waals surface area contributed by atoms with Gasteiger partial charge >= 0.3 is 0 Å². The monoisotopic (exact) mass is 755 g/mol. The molecule has 2 N–H and O–H groups in total. The first-order valence-electron chi connectivity index (χ1n) is 21.4. The Hall–Kier alpha value is -3.14. The zero-order valence-corrected chi connectivity index (χ0v) is 37.3. The van der Waals surface area contributed by atoms with Crippen LogP contribution in [0.25, 0.3) is 0 Å². The zero-order valence-electron chi connectivity index (χ0n) is 37.3. The largest absolute Gasteiger partial charge is 0.498 e. The topological polar surface area (TPSA) is 49.7 Å². The van der Waals surface area contributed by atoms with Gasteiger partial charge in [0.1, 0.15) is 11.9 Å². The maximum absolute atomic E-state index is 10.4. The van der Waals surface area contributed by atoms with Crippen molar-refractivity contribution in [1.29, 1.82) is 0 Å². The number of hydrogen-bond donors (Lipinski definition) is 2. The van der Waals surface area contributed by atoms with Gasteiger partial charge in [0.2, 0.25) is 0 Å². The fourth-order valence-electron chi connectivity index (χ4n) is 6.68. The quantitative estimate of drug-likeness (QED) is 0.0821. The molecule has 55 heavy (non-hydrogen) atoms. The molecule has 1 aliphatic carbocycles. The molecule has 0 aromatic rings. The summed E-state index contributed by atoms with van der Waals surface area (Å²) in [5, 5.41) is 20.4. The van der Waals surface area contributed by atoms with Gasteiger partial charge < -0.3 is 14.9 Å². The van der Waals surface area contributed by atoms with E-state index in [0.29, 0.717) is 12.2 Å². The molecule has 0 aromatic carbocycles. The van der Waals surface area contributed by atoms with Crippen LogP contribution in [0, 0.1) is 0 Å². The van der Waals surface area contributed by atoms with Crippen molar-refractivity contribution < 1.29 is 14.9 Å². The SMILES string of the molecule is COC1=CC(O)C=C(CC=C(C)CCC=C(C)CCC=C(C)CCC=C(C)CCC=C(C)CCC=C(C)CCC=C(C)CCC=C(C)CCC=C(C)C)C1O. The van der Waals surface area contributed by atoms with Crippen LogP contribution in [0.3, 0.4) is 0 Å². The lowest BCUT2D eigenvalue weighted by molar-refractivity contribution is 0.136. The van der Waals surface area contributed by atoms with Crippen LogP contribution in [0.2, 0.25) is 0 Å². The van der Waals surface area contributed by atoms with Crippen LogP contribution in [-0.2, 0) is 4.74 Å². The smallest absolute Gasteiger partial charge is 0.132 e. The highest BCUT2D eigenvalue weighted by molar-refractivity contribution is 5.31. The highest BCUT2D eigenvalue weighted by Crippen LogP contribution is 2.24. The molecule has 0 spiro atoms. The molecule has 308 valence electrons. The van der Waals surface area contributed by atoms with Crippen molar-refractivity contribution >= 4 is 0 Å². The molecule has 1 rings (SSSR count). The summed E-state index contributed by atoms with van der Waals surface area (Å²) in [5.41, 5.74) is 14.0. The summed E-state index contributed by atoms with van der Waals surface area (Å²) in [7, 11) is 1.52. The predicted octanol–water partition coefficient (Wildman–Crippen LogP) is 15.3. The molecule has 2 unspecified atom stereocenters. The van der Waals surface area contributed by atoms with Crippen molar-refractivity contribution in [3.63, 3.8) is 0 Å². The van der Waals surface area contributed by atoms with Crippen molar-refractivity contribution in [2.45, 2.75) is 191 Å². The van der Waals surface area contributed by atoms with Gasteiger partial charge in [-0.3, -0.25) is 0 Å². The average Bonchev–Trinajstić information content (AvgIpc) is 3.11. The Labute approximate surface area is 339 Å². The lowest BCUT2D eigenvalue weighted by atomic mass is 9.95. The van der Waals surface area contributed by atoms with Crippen molar-refractivity contribution in [1.82, 2.24) is 0 Å². The first-order valence-corrected chi connectivity index (χ1v) is 21.4. The number of hydrogen-bond acceptors (Lipinski definition) is 3. The summed E-state index contributed by atoms with van der Waals surface area (Å²) in [6.07, 6.45) is 42.0. The Bertz CT molecular complexity index is 1470. The van der Waals surface area contributed by atoms with Gasteiger partial charge in [0.25, 0.3) is 0 Å². The Morgan fingerprint density at radius 1 is 0.436 bits per heavy atom. The van der Waals surface area contributed by atoms with Crippen LogP contribution in [0.1, 0.15) is 178 Å². The molecule has 0 radical (unpaired) electrons. The van der Waals surface area contributed by atoms with E-state index < -0.39 is 12.2 Å². The van der Waals surface area contributed by atoms with Crippen LogP contribution in [0.4, 0.5) is 0 Å². The van der Waals surface area contributed by atoms with Crippen LogP contribution >= 0.6 is 0 Å². The third kappa shape index (κ3) is 26.4. The summed E-state index contributed by atoms with van der Waals surface area (Å²) in [4.78, 5) is 0. The summed E-state index contributed by atoms with van der Waals surface area (Å²) in [6, 6.07) is 0. The van der Waals surface area contributed by atoms with E-state index in [1.807, 2.05) is 0 Å². The highest BCUT2D eigenvalue weighted by atomic mass is 16.5. The van der Waals surface area contributed by atoms with E-state index in [-0.39, 0.29) is 0 Å². The zero-order chi connectivity index (χ0) is 41.0. The molecule has 0 bridgehead atoms. The van der Waals surface area contributed by atoms with Crippen molar-refractivity contribution in [3.05, 3.63) is 128 Å². The Kier molecular flexibility index (Phi) is 27.3. The van der Waals surface area contributed by atoms with E-state index in [2.05, 4.69) is 124 Å². The average molecular weight is 755 g/mol. The molecule has 2 atom stereocenters. The molecular formula is C52H82O3. The molecular weight excluding hydrogens is 673 g/mol. The number of rotatable bonds is 27. The third-order valence-corrected chi connectivity index (χ3v) is 10.6. The van der Waals surface area contributed by atoms with Crippen LogP contribution in [-0.4, -0.2) is 29.5 Å². The molecule has 0 saturated heterocycles. The summed E-state index contributed by atoms with van der Waals surface area (Å²) < 4.78 is 5.21. The Balaban J connectivity index is 2.26. The van der Waals surface area contributed by atoms with Gasteiger partial charge in [0.05, 0.1) is 13.2 Å². The second kappa shape index (κ2) is 30.1. The first kappa shape index (κ1) is 49.9. The van der Waals surface area contributed by atoms with E-state index in [4.69, 9.17) is 4.74 Å². The van der Waals surface area contributed by atoms with Gasteiger partial charge in [-0.2, -0.15) is 0 Å². The number of allylic oxidation sites excluding steroid dienone is 18. The van der Waals surface area contributed by atoms with Gasteiger partial charge in [0, 0.05) is 0 Å². The number of ether oxygens (including phenoxy) is 1. The number of methoxy groups -OCH3 is 1. The van der Waals surface area contributed by atoms with Gasteiger partial charge in [0.15, 0.2) is 0 Å². The van der Waals surface area contributed by atoms with E-state index in [1.165, 1.54) is 76.5 Å². The minimum Gasteiger partial charge on any atom is -0.498 e. The maximum atomic E-state index is 10.4. The minimum atomic E-state index is -0.773. The highest BCUT2D eigenvalue weighted by Gasteiger charge is 2.22. The van der Waals surface area contributed by atoms with Gasteiger partial charge in [-0.05, 0) is 196 Å². The molecule has 0 fully saturated rings. The lowest BCUT2D eigenvalue weighted by Gasteiger charge is -2.22. The minimum absolute atomic E-state index is 0.421. The summed E-state index contributed by atoms with van der Waals surface area (Å²) in [6.45, 7) is 22.4. The lowest BCUT2D eigenvalue weighted by Crippen LogP contribution is -2.22.